The maximum Gasteiger partial charge on any atom is 0.414 e. The maximum absolute atomic E-state index is 12.3. The lowest BCUT2D eigenvalue weighted by Gasteiger charge is -2.20. The Balaban J connectivity index is 1.28. The van der Waals surface area contributed by atoms with Crippen LogP contribution in [0.3, 0.4) is 0 Å². The second kappa shape index (κ2) is 9.07. The van der Waals surface area contributed by atoms with Crippen LogP contribution in [0.15, 0.2) is 41.3 Å². The fourth-order valence-electron chi connectivity index (χ4n) is 3.48. The second-order valence-corrected chi connectivity index (χ2v) is 8.66. The van der Waals surface area contributed by atoms with Gasteiger partial charge in [0, 0.05) is 17.1 Å². The summed E-state index contributed by atoms with van der Waals surface area (Å²) < 4.78 is 5.46. The largest absolute Gasteiger partial charge is 0.444 e. The molecule has 2 aromatic rings. The predicted octanol–water partition coefficient (Wildman–Crippen LogP) is 3.50. The first-order valence-corrected chi connectivity index (χ1v) is 11.2. The van der Waals surface area contributed by atoms with E-state index in [1.807, 2.05) is 12.1 Å². The average molecular weight is 461 g/mol. The molecule has 1 atom stereocenters. The van der Waals surface area contributed by atoms with Gasteiger partial charge in [-0.1, -0.05) is 17.7 Å². The van der Waals surface area contributed by atoms with E-state index in [0.717, 1.165) is 4.90 Å². The number of nitrogen functional groups attached to an aromatic ring is 1. The maximum atomic E-state index is 12.3. The molecule has 162 valence electrons. The smallest absolute Gasteiger partial charge is 0.414 e. The van der Waals surface area contributed by atoms with Gasteiger partial charge < -0.3 is 21.1 Å². The number of rotatable bonds is 6. The molecule has 2 aliphatic heterocycles. The number of para-hydroxylation sites is 1. The van der Waals surface area contributed by atoms with Crippen molar-refractivity contribution in [3.8, 4) is 0 Å². The summed E-state index contributed by atoms with van der Waals surface area (Å²) in [5.74, 6) is 0.0396. The Kier molecular flexibility index (Phi) is 6.24. The van der Waals surface area contributed by atoms with Crippen LogP contribution in [0, 0.1) is 0 Å². The fourth-order valence-corrected chi connectivity index (χ4v) is 4.45. The van der Waals surface area contributed by atoms with E-state index in [2.05, 4.69) is 10.6 Å². The number of nitrogens with one attached hydrogen (secondary N) is 2. The van der Waals surface area contributed by atoms with E-state index < -0.39 is 6.09 Å². The van der Waals surface area contributed by atoms with Crippen LogP contribution in [0.2, 0.25) is 5.02 Å². The van der Waals surface area contributed by atoms with Crippen LogP contribution in [-0.4, -0.2) is 42.9 Å². The number of amides is 3. The summed E-state index contributed by atoms with van der Waals surface area (Å²) in [5.41, 5.74) is 7.82. The molecule has 0 aliphatic carbocycles. The number of benzene rings is 2. The number of nitrogens with two attached hydrogens (primary N) is 1. The lowest BCUT2D eigenvalue weighted by atomic mass is 10.1. The molecule has 10 heteroatoms. The molecule has 1 fully saturated rings. The van der Waals surface area contributed by atoms with Gasteiger partial charge in [0.15, 0.2) is 0 Å². The van der Waals surface area contributed by atoms with Crippen LogP contribution in [0.1, 0.15) is 23.2 Å². The Morgan fingerprint density at radius 3 is 3.00 bits per heavy atom. The normalized spacial score (nSPS) is 17.7. The van der Waals surface area contributed by atoms with Gasteiger partial charge in [-0.3, -0.25) is 14.5 Å². The number of nitrogens with zero attached hydrogens (tertiary/aromatic N) is 1. The van der Waals surface area contributed by atoms with Gasteiger partial charge in [-0.15, -0.1) is 11.8 Å². The van der Waals surface area contributed by atoms with Crippen LogP contribution in [0.5, 0.6) is 0 Å². The molecule has 3 amide bonds. The number of halogens is 1. The van der Waals surface area contributed by atoms with Crippen LogP contribution in [-0.2, 0) is 9.53 Å². The average Bonchev–Trinajstić information content (AvgIpc) is 3.13. The van der Waals surface area contributed by atoms with Crippen molar-refractivity contribution in [1.82, 2.24) is 5.32 Å². The van der Waals surface area contributed by atoms with Gasteiger partial charge >= 0.3 is 6.09 Å². The van der Waals surface area contributed by atoms with Crippen molar-refractivity contribution >= 4 is 58.3 Å². The number of fused-ring (bicyclic) bond motifs is 1. The van der Waals surface area contributed by atoms with Crippen molar-refractivity contribution in [2.45, 2.75) is 23.8 Å². The molecule has 1 saturated heterocycles. The van der Waals surface area contributed by atoms with Gasteiger partial charge in [-0.25, -0.2) is 4.79 Å². The molecule has 0 unspecified atom stereocenters. The fraction of sp³-hybridized carbons (Fsp3) is 0.286. The third kappa shape index (κ3) is 4.72. The van der Waals surface area contributed by atoms with Crippen LogP contribution in [0.25, 0.3) is 0 Å². The molecule has 2 heterocycles. The first kappa shape index (κ1) is 21.3. The van der Waals surface area contributed by atoms with Crippen LogP contribution < -0.4 is 21.3 Å². The number of hydrogen-bond donors (Lipinski definition) is 3. The zero-order valence-corrected chi connectivity index (χ0v) is 18.1. The molecule has 2 aliphatic rings. The summed E-state index contributed by atoms with van der Waals surface area (Å²) in [6.07, 6.45) is 0.538. The third-order valence-corrected chi connectivity index (χ3v) is 6.47. The van der Waals surface area contributed by atoms with Crippen molar-refractivity contribution in [3.63, 3.8) is 0 Å². The summed E-state index contributed by atoms with van der Waals surface area (Å²) in [6.45, 7) is 0.828. The molecule has 0 spiro atoms. The van der Waals surface area contributed by atoms with E-state index in [9.17, 15) is 14.4 Å². The highest BCUT2D eigenvalue weighted by atomic mass is 35.5. The lowest BCUT2D eigenvalue weighted by Crippen LogP contribution is -2.27. The minimum absolute atomic E-state index is 0.0573. The van der Waals surface area contributed by atoms with E-state index >= 15 is 0 Å². The Morgan fingerprint density at radius 1 is 1.32 bits per heavy atom. The molecule has 0 bridgehead atoms. The van der Waals surface area contributed by atoms with Crippen molar-refractivity contribution < 1.29 is 19.1 Å². The minimum Gasteiger partial charge on any atom is -0.444 e. The first-order chi connectivity index (χ1) is 14.9. The van der Waals surface area contributed by atoms with Crippen molar-refractivity contribution in [2.75, 3.05) is 34.8 Å². The van der Waals surface area contributed by atoms with Gasteiger partial charge in [-0.05, 0) is 43.2 Å². The predicted molar refractivity (Wildman–Crippen MR) is 121 cm³/mol. The number of carbonyl (C=O) groups excluding carboxylic acids is 3. The Hall–Kier alpha value is -2.91. The summed E-state index contributed by atoms with van der Waals surface area (Å²) in [7, 11) is 0. The second-order valence-electron chi connectivity index (χ2n) is 7.23. The van der Waals surface area contributed by atoms with Crippen molar-refractivity contribution in [3.05, 3.63) is 47.0 Å². The van der Waals surface area contributed by atoms with Crippen molar-refractivity contribution in [2.24, 2.45) is 0 Å². The molecule has 0 saturated carbocycles. The highest BCUT2D eigenvalue weighted by molar-refractivity contribution is 8.00. The monoisotopic (exact) mass is 460 g/mol. The van der Waals surface area contributed by atoms with E-state index in [4.69, 9.17) is 22.1 Å². The Labute approximate surface area is 188 Å². The quantitative estimate of drug-likeness (QED) is 0.449. The van der Waals surface area contributed by atoms with E-state index in [0.29, 0.717) is 53.6 Å². The summed E-state index contributed by atoms with van der Waals surface area (Å²) in [6, 6.07) is 10.5. The van der Waals surface area contributed by atoms with Gasteiger partial charge in [0.05, 0.1) is 34.3 Å². The molecule has 8 nitrogen and oxygen atoms in total. The lowest BCUT2D eigenvalue weighted by molar-refractivity contribution is -0.113. The molecule has 0 radical (unpaired) electrons. The number of hydrogen-bond acceptors (Lipinski definition) is 6. The Morgan fingerprint density at radius 2 is 2.16 bits per heavy atom. The molecule has 2 aromatic carbocycles. The highest BCUT2D eigenvalue weighted by Crippen LogP contribution is 2.35. The Bertz CT molecular complexity index is 1050. The van der Waals surface area contributed by atoms with Gasteiger partial charge in [0.25, 0.3) is 5.91 Å². The van der Waals surface area contributed by atoms with Gasteiger partial charge in [-0.2, -0.15) is 0 Å². The highest BCUT2D eigenvalue weighted by Gasteiger charge is 2.32. The van der Waals surface area contributed by atoms with Gasteiger partial charge in [0.1, 0.15) is 6.10 Å². The summed E-state index contributed by atoms with van der Waals surface area (Å²) in [4.78, 5) is 38.7. The molecular formula is C21H21ClN4O4S. The zero-order chi connectivity index (χ0) is 22.0. The molecule has 0 aromatic heterocycles. The van der Waals surface area contributed by atoms with Crippen LogP contribution >= 0.6 is 23.4 Å². The minimum atomic E-state index is -0.421. The van der Waals surface area contributed by atoms with E-state index in [1.54, 1.807) is 29.2 Å². The SMILES string of the molecule is Nc1c(Cl)cccc1C(=O)NCCC[C@@H]1CN(c2ccc3c(c2)NC(=O)CS3)C(=O)O1. The van der Waals surface area contributed by atoms with Crippen LogP contribution in [0.4, 0.5) is 21.9 Å². The molecule has 4 rings (SSSR count). The van der Waals surface area contributed by atoms with Gasteiger partial charge in [0.2, 0.25) is 5.91 Å². The van der Waals surface area contributed by atoms with E-state index in [-0.39, 0.29) is 23.6 Å². The summed E-state index contributed by atoms with van der Waals surface area (Å²) >= 11 is 7.42. The number of cyclic esters (lactones) is 1. The zero-order valence-electron chi connectivity index (χ0n) is 16.5. The number of anilines is 3. The number of ether oxygens (including phenoxy) is 1. The first-order valence-electron chi connectivity index (χ1n) is 9.79. The molecule has 4 N–H and O–H groups in total. The topological polar surface area (TPSA) is 114 Å². The van der Waals surface area contributed by atoms with E-state index in [1.165, 1.54) is 11.8 Å². The standard InChI is InChI=1S/C21H21ClN4O4S/c22-15-5-1-4-14(19(15)23)20(28)24-8-2-3-13-10-26(21(29)30-13)12-6-7-17-16(9-12)25-18(27)11-31-17/h1,4-7,9,13H,2-3,8,10-11,23H2,(H,24,28)(H,25,27)/t13-/m1/s1. The molecular weight excluding hydrogens is 440 g/mol. The molecule has 31 heavy (non-hydrogen) atoms. The number of thioether (sulfide) groups is 1. The number of carbonyl (C=O) groups is 3. The summed E-state index contributed by atoms with van der Waals surface area (Å²) in [5, 5.41) is 5.98. The van der Waals surface area contributed by atoms with Crippen molar-refractivity contribution in [1.29, 1.82) is 0 Å². The third-order valence-electron chi connectivity index (χ3n) is 5.07.